The predicted molar refractivity (Wildman–Crippen MR) is 81.9 cm³/mol. The molecule has 2 aromatic rings. The maximum absolute atomic E-state index is 12.0. The molecule has 0 spiro atoms. The van der Waals surface area contributed by atoms with Gasteiger partial charge in [0.05, 0.1) is 11.8 Å². The van der Waals surface area contributed by atoms with Crippen molar-refractivity contribution < 1.29 is 23.5 Å². The highest BCUT2D eigenvalue weighted by molar-refractivity contribution is 6.03. The lowest BCUT2D eigenvalue weighted by Gasteiger charge is -2.12. The molecule has 7 heteroatoms. The average molecular weight is 316 g/mol. The Labute approximate surface area is 132 Å². The van der Waals surface area contributed by atoms with Crippen molar-refractivity contribution in [2.45, 2.75) is 20.0 Å². The van der Waals surface area contributed by atoms with E-state index in [0.717, 1.165) is 5.56 Å². The zero-order valence-corrected chi connectivity index (χ0v) is 12.7. The number of carbonyl (C=O) groups excluding carboxylic acids is 3. The van der Waals surface area contributed by atoms with E-state index in [2.05, 4.69) is 5.32 Å². The number of nitrogens with one attached hydrogen (secondary N) is 1. The molecule has 3 N–H and O–H groups in total. The summed E-state index contributed by atoms with van der Waals surface area (Å²) in [5.74, 6) is -1.73. The monoisotopic (exact) mass is 316 g/mol. The van der Waals surface area contributed by atoms with Crippen LogP contribution in [-0.2, 0) is 9.53 Å². The first-order chi connectivity index (χ1) is 10.9. The number of primary amides is 1. The van der Waals surface area contributed by atoms with E-state index in [0.29, 0.717) is 5.69 Å². The molecule has 0 aliphatic heterocycles. The van der Waals surface area contributed by atoms with Crippen LogP contribution in [0.1, 0.15) is 33.4 Å². The largest absolute Gasteiger partial charge is 0.459 e. The Morgan fingerprint density at radius 3 is 2.61 bits per heavy atom. The molecule has 2 rings (SSSR count). The second-order valence-electron chi connectivity index (χ2n) is 4.91. The van der Waals surface area contributed by atoms with Crippen LogP contribution in [0.4, 0.5) is 5.69 Å². The number of rotatable bonds is 5. The van der Waals surface area contributed by atoms with E-state index in [-0.39, 0.29) is 11.3 Å². The molecule has 2 amide bonds. The van der Waals surface area contributed by atoms with Gasteiger partial charge in [-0.05, 0) is 43.7 Å². The Hall–Kier alpha value is -3.09. The lowest BCUT2D eigenvalue weighted by atomic mass is 10.1. The van der Waals surface area contributed by atoms with Crippen LogP contribution in [0.3, 0.4) is 0 Å². The summed E-state index contributed by atoms with van der Waals surface area (Å²) in [5.41, 5.74) is 6.44. The molecule has 1 heterocycles. The van der Waals surface area contributed by atoms with Crippen molar-refractivity contribution in [1.82, 2.24) is 0 Å². The van der Waals surface area contributed by atoms with Crippen LogP contribution in [-0.4, -0.2) is 23.9 Å². The van der Waals surface area contributed by atoms with Crippen LogP contribution in [0.15, 0.2) is 41.0 Å². The number of furan rings is 1. The van der Waals surface area contributed by atoms with Gasteiger partial charge in [-0.25, -0.2) is 4.79 Å². The predicted octanol–water partition coefficient (Wildman–Crippen LogP) is 1.87. The number of hydrogen-bond acceptors (Lipinski definition) is 5. The molecule has 0 aliphatic rings. The summed E-state index contributed by atoms with van der Waals surface area (Å²) < 4.78 is 9.93. The lowest BCUT2D eigenvalue weighted by molar-refractivity contribution is -0.125. The highest BCUT2D eigenvalue weighted by atomic mass is 16.5. The maximum atomic E-state index is 12.0. The molecule has 0 saturated heterocycles. The van der Waals surface area contributed by atoms with Gasteiger partial charge >= 0.3 is 5.97 Å². The maximum Gasteiger partial charge on any atom is 0.338 e. The van der Waals surface area contributed by atoms with Crippen molar-refractivity contribution in [2.24, 2.45) is 5.73 Å². The highest BCUT2D eigenvalue weighted by Crippen LogP contribution is 2.19. The smallest absolute Gasteiger partial charge is 0.338 e. The fraction of sp³-hybridized carbons (Fsp3) is 0.188. The van der Waals surface area contributed by atoms with Gasteiger partial charge in [0.25, 0.3) is 11.8 Å². The number of anilines is 1. The highest BCUT2D eigenvalue weighted by Gasteiger charge is 2.18. The van der Waals surface area contributed by atoms with Gasteiger partial charge in [0.2, 0.25) is 0 Å². The van der Waals surface area contributed by atoms with Gasteiger partial charge in [-0.3, -0.25) is 9.59 Å². The molecule has 0 unspecified atom stereocenters. The fourth-order valence-corrected chi connectivity index (χ4v) is 1.76. The third-order valence-electron chi connectivity index (χ3n) is 3.15. The van der Waals surface area contributed by atoms with Gasteiger partial charge in [-0.15, -0.1) is 0 Å². The summed E-state index contributed by atoms with van der Waals surface area (Å²) >= 11 is 0. The summed E-state index contributed by atoms with van der Waals surface area (Å²) in [6, 6.07) is 7.78. The number of esters is 1. The quantitative estimate of drug-likeness (QED) is 0.818. The summed E-state index contributed by atoms with van der Waals surface area (Å²) in [4.78, 5) is 34.9. The van der Waals surface area contributed by atoms with Gasteiger partial charge in [-0.2, -0.15) is 0 Å². The van der Waals surface area contributed by atoms with Crippen molar-refractivity contribution >= 4 is 23.5 Å². The number of amides is 2. The SMILES string of the molecule is Cc1ccc(C(=O)O[C@H](C)C(N)=O)cc1NC(=O)c1ccco1. The van der Waals surface area contributed by atoms with E-state index < -0.39 is 23.9 Å². The first-order valence-electron chi connectivity index (χ1n) is 6.84. The van der Waals surface area contributed by atoms with Crippen LogP contribution < -0.4 is 11.1 Å². The third-order valence-corrected chi connectivity index (χ3v) is 3.15. The van der Waals surface area contributed by atoms with Crippen molar-refractivity contribution in [1.29, 1.82) is 0 Å². The van der Waals surface area contributed by atoms with Gasteiger partial charge in [0, 0.05) is 5.69 Å². The van der Waals surface area contributed by atoms with E-state index in [1.807, 2.05) is 0 Å². The van der Waals surface area contributed by atoms with Gasteiger partial charge < -0.3 is 20.2 Å². The van der Waals surface area contributed by atoms with E-state index >= 15 is 0 Å². The second kappa shape index (κ2) is 6.78. The van der Waals surface area contributed by atoms with Crippen molar-refractivity contribution in [3.8, 4) is 0 Å². The van der Waals surface area contributed by atoms with E-state index in [4.69, 9.17) is 14.9 Å². The van der Waals surface area contributed by atoms with Crippen LogP contribution in [0, 0.1) is 6.92 Å². The van der Waals surface area contributed by atoms with E-state index in [1.165, 1.54) is 31.4 Å². The van der Waals surface area contributed by atoms with Crippen molar-refractivity contribution in [2.75, 3.05) is 5.32 Å². The van der Waals surface area contributed by atoms with E-state index in [9.17, 15) is 14.4 Å². The number of carbonyl (C=O) groups is 3. The lowest BCUT2D eigenvalue weighted by Crippen LogP contribution is -2.30. The standard InChI is InChI=1S/C16H16N2O5/c1-9-5-6-11(16(21)23-10(2)14(17)19)8-12(9)18-15(20)13-4-3-7-22-13/h3-8,10H,1-2H3,(H2,17,19)(H,18,20)/t10-/m1/s1. The minimum absolute atomic E-state index is 0.153. The summed E-state index contributed by atoms with van der Waals surface area (Å²) in [7, 11) is 0. The average Bonchev–Trinajstić information content (AvgIpc) is 3.03. The number of benzene rings is 1. The molecule has 0 saturated carbocycles. The van der Waals surface area contributed by atoms with Crippen molar-refractivity contribution in [3.05, 3.63) is 53.5 Å². The molecule has 0 radical (unpaired) electrons. The fourth-order valence-electron chi connectivity index (χ4n) is 1.76. The van der Waals surface area contributed by atoms with Gasteiger partial charge in [-0.1, -0.05) is 6.07 Å². The zero-order chi connectivity index (χ0) is 17.0. The van der Waals surface area contributed by atoms with Crippen LogP contribution in [0.5, 0.6) is 0 Å². The molecule has 0 aliphatic carbocycles. The Kier molecular flexibility index (Phi) is 4.80. The molecular weight excluding hydrogens is 300 g/mol. The van der Waals surface area contributed by atoms with Crippen LogP contribution in [0.2, 0.25) is 0 Å². The summed E-state index contributed by atoms with van der Waals surface area (Å²) in [6.07, 6.45) is 0.353. The molecular formula is C16H16N2O5. The normalized spacial score (nSPS) is 11.6. The molecule has 1 atom stereocenters. The number of hydrogen-bond donors (Lipinski definition) is 2. The van der Waals surface area contributed by atoms with E-state index in [1.54, 1.807) is 19.1 Å². The molecule has 23 heavy (non-hydrogen) atoms. The number of aryl methyl sites for hydroxylation is 1. The Morgan fingerprint density at radius 2 is 2.00 bits per heavy atom. The Bertz CT molecular complexity index is 737. The molecule has 0 bridgehead atoms. The summed E-state index contributed by atoms with van der Waals surface area (Å²) in [5, 5.41) is 2.65. The minimum Gasteiger partial charge on any atom is -0.459 e. The van der Waals surface area contributed by atoms with Crippen LogP contribution >= 0.6 is 0 Å². The minimum atomic E-state index is -1.04. The Morgan fingerprint density at radius 1 is 1.26 bits per heavy atom. The number of nitrogens with two attached hydrogens (primary N) is 1. The first kappa shape index (κ1) is 16.3. The third kappa shape index (κ3) is 3.97. The van der Waals surface area contributed by atoms with Crippen LogP contribution in [0.25, 0.3) is 0 Å². The zero-order valence-electron chi connectivity index (χ0n) is 12.7. The summed E-state index contributed by atoms with van der Waals surface area (Å²) in [6.45, 7) is 3.16. The molecule has 1 aromatic heterocycles. The van der Waals surface area contributed by atoms with Gasteiger partial charge in [0.15, 0.2) is 11.9 Å². The molecule has 0 fully saturated rings. The number of ether oxygens (including phenoxy) is 1. The van der Waals surface area contributed by atoms with Gasteiger partial charge in [0.1, 0.15) is 0 Å². The second-order valence-corrected chi connectivity index (χ2v) is 4.91. The molecule has 7 nitrogen and oxygen atoms in total. The molecule has 1 aromatic carbocycles. The topological polar surface area (TPSA) is 112 Å². The molecule has 120 valence electrons. The first-order valence-corrected chi connectivity index (χ1v) is 6.84. The van der Waals surface area contributed by atoms with Crippen molar-refractivity contribution in [3.63, 3.8) is 0 Å². The Balaban J connectivity index is 2.17.